The zero-order valence-electron chi connectivity index (χ0n) is 10.2. The molecule has 1 N–H and O–H groups in total. The van der Waals surface area contributed by atoms with E-state index in [1.165, 1.54) is 6.07 Å². The van der Waals surface area contributed by atoms with Crippen molar-refractivity contribution in [2.24, 2.45) is 0 Å². The third kappa shape index (κ3) is 2.42. The summed E-state index contributed by atoms with van der Waals surface area (Å²) < 4.78 is 11.1. The fraction of sp³-hybridized carbons (Fsp3) is 0.385. The Balaban J connectivity index is 2.34. The maximum Gasteiger partial charge on any atom is 0.377 e. The van der Waals surface area contributed by atoms with Crippen molar-refractivity contribution in [3.05, 3.63) is 35.4 Å². The average molecular weight is 250 g/mol. The number of carbonyl (C=O) groups is 2. The van der Waals surface area contributed by atoms with Gasteiger partial charge in [-0.15, -0.1) is 0 Å². The first kappa shape index (κ1) is 12.7. The van der Waals surface area contributed by atoms with E-state index in [-0.39, 0.29) is 5.56 Å². The molecule has 0 saturated carbocycles. The number of carboxylic acid groups (broad SMARTS) is 1. The Morgan fingerprint density at radius 2 is 2.00 bits per heavy atom. The predicted octanol–water partition coefficient (Wildman–Crippen LogP) is 1.78. The van der Waals surface area contributed by atoms with Crippen LogP contribution in [0.3, 0.4) is 0 Å². The van der Waals surface area contributed by atoms with E-state index in [0.717, 1.165) is 0 Å². The Hall–Kier alpha value is -1.72. The summed E-state index contributed by atoms with van der Waals surface area (Å²) in [7, 11) is 0. The minimum atomic E-state index is -1.47. The molecule has 0 spiro atoms. The van der Waals surface area contributed by atoms with Crippen LogP contribution in [-0.2, 0) is 14.3 Å². The molecule has 1 fully saturated rings. The number of carboxylic acids is 1. The molecule has 1 aliphatic rings. The molecular formula is C13H14O5. The van der Waals surface area contributed by atoms with Crippen LogP contribution >= 0.6 is 0 Å². The molecular weight excluding hydrogens is 236 g/mol. The van der Waals surface area contributed by atoms with Crippen LogP contribution in [0.2, 0.25) is 0 Å². The number of ether oxygens (including phenoxy) is 2. The largest absolute Gasteiger partial charge is 0.475 e. The van der Waals surface area contributed by atoms with Crippen LogP contribution in [0.1, 0.15) is 35.9 Å². The van der Waals surface area contributed by atoms with E-state index in [2.05, 4.69) is 0 Å². The third-order valence-corrected chi connectivity index (χ3v) is 2.75. The number of rotatable bonds is 3. The van der Waals surface area contributed by atoms with Crippen LogP contribution in [0, 0.1) is 0 Å². The Kier molecular flexibility index (Phi) is 3.19. The first-order chi connectivity index (χ1) is 8.41. The quantitative estimate of drug-likeness (QED) is 0.654. The van der Waals surface area contributed by atoms with E-state index in [4.69, 9.17) is 14.6 Å². The smallest absolute Gasteiger partial charge is 0.377 e. The molecule has 1 unspecified atom stereocenters. The average Bonchev–Trinajstić information content (AvgIpc) is 2.68. The summed E-state index contributed by atoms with van der Waals surface area (Å²) in [5, 5.41) is 8.78. The van der Waals surface area contributed by atoms with Crippen LogP contribution in [0.25, 0.3) is 0 Å². The molecule has 5 heteroatoms. The van der Waals surface area contributed by atoms with Gasteiger partial charge in [-0.25, -0.2) is 4.79 Å². The lowest BCUT2D eigenvalue weighted by Crippen LogP contribution is -2.21. The third-order valence-electron chi connectivity index (χ3n) is 2.75. The zero-order valence-corrected chi connectivity index (χ0v) is 10.2. The highest BCUT2D eigenvalue weighted by Crippen LogP contribution is 2.34. The Morgan fingerprint density at radius 3 is 2.56 bits per heavy atom. The number of benzene rings is 1. The molecule has 2 rings (SSSR count). The van der Waals surface area contributed by atoms with Gasteiger partial charge in [0.25, 0.3) is 5.78 Å². The molecule has 5 nitrogen and oxygen atoms in total. The Morgan fingerprint density at radius 1 is 1.33 bits per heavy atom. The molecule has 1 aliphatic heterocycles. The van der Waals surface area contributed by atoms with Crippen molar-refractivity contribution in [3.8, 4) is 0 Å². The van der Waals surface area contributed by atoms with E-state index >= 15 is 0 Å². The van der Waals surface area contributed by atoms with Crippen molar-refractivity contribution in [1.29, 1.82) is 0 Å². The number of ketones is 1. The second-order valence-corrected chi connectivity index (χ2v) is 4.54. The van der Waals surface area contributed by atoms with Gasteiger partial charge in [0, 0.05) is 5.56 Å². The maximum absolute atomic E-state index is 11.6. The van der Waals surface area contributed by atoms with Crippen LogP contribution in [0.5, 0.6) is 0 Å². The maximum atomic E-state index is 11.6. The summed E-state index contributed by atoms with van der Waals surface area (Å²) in [5.74, 6) is -3.12. The fourth-order valence-corrected chi connectivity index (χ4v) is 1.94. The van der Waals surface area contributed by atoms with Gasteiger partial charge in [0.05, 0.1) is 6.61 Å². The van der Waals surface area contributed by atoms with E-state index in [1.54, 1.807) is 32.0 Å². The SMILES string of the molecule is CC1(C)OCC(c2ccccc2C(=O)C(=O)O)O1. The molecule has 0 aromatic heterocycles. The monoisotopic (exact) mass is 250 g/mol. The van der Waals surface area contributed by atoms with E-state index in [1.807, 2.05) is 0 Å². The van der Waals surface area contributed by atoms with Gasteiger partial charge in [0.15, 0.2) is 5.79 Å². The highest BCUT2D eigenvalue weighted by atomic mass is 16.7. The minimum absolute atomic E-state index is 0.149. The molecule has 0 aliphatic carbocycles. The van der Waals surface area contributed by atoms with Crippen LogP contribution < -0.4 is 0 Å². The van der Waals surface area contributed by atoms with Crippen molar-refractivity contribution >= 4 is 11.8 Å². The summed E-state index contributed by atoms with van der Waals surface area (Å²) in [4.78, 5) is 22.4. The first-order valence-electron chi connectivity index (χ1n) is 5.59. The molecule has 1 aromatic carbocycles. The van der Waals surface area contributed by atoms with Crippen LogP contribution in [0.4, 0.5) is 0 Å². The lowest BCUT2D eigenvalue weighted by Gasteiger charge is -2.18. The van der Waals surface area contributed by atoms with Crippen LogP contribution in [0.15, 0.2) is 24.3 Å². The Labute approximate surface area is 104 Å². The highest BCUT2D eigenvalue weighted by molar-refractivity contribution is 6.40. The van der Waals surface area contributed by atoms with Gasteiger partial charge in [-0.2, -0.15) is 0 Å². The van der Waals surface area contributed by atoms with Crippen molar-refractivity contribution in [2.75, 3.05) is 6.61 Å². The number of Topliss-reactive ketones (excluding diaryl/α,β-unsaturated/α-hetero) is 1. The second-order valence-electron chi connectivity index (χ2n) is 4.54. The van der Waals surface area contributed by atoms with Gasteiger partial charge < -0.3 is 14.6 Å². The predicted molar refractivity (Wildman–Crippen MR) is 62.3 cm³/mol. The van der Waals surface area contributed by atoms with E-state index < -0.39 is 23.6 Å². The zero-order chi connectivity index (χ0) is 13.3. The van der Waals surface area contributed by atoms with Gasteiger partial charge in [0.2, 0.25) is 0 Å². The molecule has 18 heavy (non-hydrogen) atoms. The molecule has 0 radical (unpaired) electrons. The van der Waals surface area contributed by atoms with E-state index in [0.29, 0.717) is 12.2 Å². The van der Waals surface area contributed by atoms with Crippen LogP contribution in [-0.4, -0.2) is 29.3 Å². The van der Waals surface area contributed by atoms with Crippen molar-refractivity contribution in [2.45, 2.75) is 25.7 Å². The van der Waals surface area contributed by atoms with Gasteiger partial charge >= 0.3 is 5.97 Å². The number of carbonyl (C=O) groups excluding carboxylic acids is 1. The van der Waals surface area contributed by atoms with Crippen molar-refractivity contribution in [3.63, 3.8) is 0 Å². The molecule has 96 valence electrons. The molecule has 1 saturated heterocycles. The summed E-state index contributed by atoms with van der Waals surface area (Å²) in [6.45, 7) is 3.85. The lowest BCUT2D eigenvalue weighted by atomic mass is 9.99. The highest BCUT2D eigenvalue weighted by Gasteiger charge is 2.35. The summed E-state index contributed by atoms with van der Waals surface area (Å²) >= 11 is 0. The fourth-order valence-electron chi connectivity index (χ4n) is 1.94. The van der Waals surface area contributed by atoms with Gasteiger partial charge in [0.1, 0.15) is 6.10 Å². The van der Waals surface area contributed by atoms with Gasteiger partial charge in [-0.1, -0.05) is 24.3 Å². The number of hydrogen-bond donors (Lipinski definition) is 1. The van der Waals surface area contributed by atoms with Crippen molar-refractivity contribution < 1.29 is 24.2 Å². The second kappa shape index (κ2) is 4.51. The van der Waals surface area contributed by atoms with Crippen molar-refractivity contribution in [1.82, 2.24) is 0 Å². The van der Waals surface area contributed by atoms with Gasteiger partial charge in [-0.3, -0.25) is 4.79 Å². The summed E-state index contributed by atoms with van der Waals surface area (Å²) in [5.41, 5.74) is 0.701. The molecule has 1 aromatic rings. The first-order valence-corrected chi connectivity index (χ1v) is 5.59. The summed E-state index contributed by atoms with van der Waals surface area (Å²) in [6.07, 6.45) is -0.417. The normalized spacial score (nSPS) is 21.8. The lowest BCUT2D eigenvalue weighted by molar-refractivity contribution is -0.139. The standard InChI is InChI=1S/C13H14O5/c1-13(2)17-7-10(18-13)8-5-3-4-6-9(8)11(14)12(15)16/h3-6,10H,7H2,1-2H3,(H,15,16). The molecule has 0 amide bonds. The molecule has 1 heterocycles. The number of hydrogen-bond acceptors (Lipinski definition) is 4. The van der Waals surface area contributed by atoms with Gasteiger partial charge in [-0.05, 0) is 19.4 Å². The molecule has 1 atom stereocenters. The topological polar surface area (TPSA) is 72.8 Å². The Bertz CT molecular complexity index is 492. The number of aliphatic carboxylic acids is 1. The molecule has 0 bridgehead atoms. The van der Waals surface area contributed by atoms with E-state index in [9.17, 15) is 9.59 Å². The minimum Gasteiger partial charge on any atom is -0.475 e. The summed E-state index contributed by atoms with van der Waals surface area (Å²) in [6, 6.07) is 6.54.